The number of nitrogens with zero attached hydrogens (tertiary/aromatic N) is 1. The van der Waals surface area contributed by atoms with Gasteiger partial charge in [-0.05, 0) is 36.4 Å². The second-order valence-electron chi connectivity index (χ2n) is 4.71. The highest BCUT2D eigenvalue weighted by atomic mass is 32.2. The molecule has 0 aliphatic carbocycles. The molecule has 1 fully saturated rings. The zero-order chi connectivity index (χ0) is 16.2. The Bertz CT molecular complexity index is 618. The van der Waals surface area contributed by atoms with Crippen molar-refractivity contribution in [3.05, 3.63) is 24.3 Å². The molecule has 22 heavy (non-hydrogen) atoms. The minimum absolute atomic E-state index is 0.0935. The molecule has 9 heteroatoms. The lowest BCUT2D eigenvalue weighted by atomic mass is 10.3. The molecule has 0 bridgehead atoms. The SMILES string of the molecule is COc1ccc(S(=O)(=O)N2CCCSC[C@@H]2C(=O)NO)cc1. The van der Waals surface area contributed by atoms with Gasteiger partial charge in [-0.1, -0.05) is 0 Å². The van der Waals surface area contributed by atoms with E-state index in [0.717, 1.165) is 10.1 Å². The predicted octanol–water partition coefficient (Wildman–Crippen LogP) is 0.697. The average molecular weight is 346 g/mol. The molecule has 122 valence electrons. The molecular weight excluding hydrogens is 328 g/mol. The van der Waals surface area contributed by atoms with Crippen LogP contribution in [0, 0.1) is 0 Å². The molecule has 0 unspecified atom stereocenters. The molecule has 1 amide bonds. The highest BCUT2D eigenvalue weighted by molar-refractivity contribution is 7.99. The van der Waals surface area contributed by atoms with Gasteiger partial charge >= 0.3 is 0 Å². The summed E-state index contributed by atoms with van der Waals surface area (Å²) in [6.45, 7) is 0.236. The Morgan fingerprint density at radius 2 is 2.09 bits per heavy atom. The number of hydrogen-bond acceptors (Lipinski definition) is 6. The van der Waals surface area contributed by atoms with Crippen LogP contribution in [0.2, 0.25) is 0 Å². The molecule has 2 rings (SSSR count). The molecule has 1 aromatic rings. The zero-order valence-corrected chi connectivity index (χ0v) is 13.7. The lowest BCUT2D eigenvalue weighted by molar-refractivity contribution is -0.132. The van der Waals surface area contributed by atoms with Gasteiger partial charge in [0, 0.05) is 12.3 Å². The molecular formula is C13H18N2O5S2. The van der Waals surface area contributed by atoms with Gasteiger partial charge in [0.1, 0.15) is 11.8 Å². The van der Waals surface area contributed by atoms with Crippen molar-refractivity contribution in [2.45, 2.75) is 17.4 Å². The van der Waals surface area contributed by atoms with Crippen LogP contribution < -0.4 is 10.2 Å². The van der Waals surface area contributed by atoms with E-state index in [1.807, 2.05) is 0 Å². The van der Waals surface area contributed by atoms with Crippen LogP contribution >= 0.6 is 11.8 Å². The van der Waals surface area contributed by atoms with Crippen molar-refractivity contribution in [3.63, 3.8) is 0 Å². The Morgan fingerprint density at radius 1 is 1.41 bits per heavy atom. The number of amides is 1. The quantitative estimate of drug-likeness (QED) is 0.615. The molecule has 0 aromatic heterocycles. The van der Waals surface area contributed by atoms with E-state index in [9.17, 15) is 13.2 Å². The zero-order valence-electron chi connectivity index (χ0n) is 12.1. The molecule has 2 N–H and O–H groups in total. The Hall–Kier alpha value is -1.29. The number of carbonyl (C=O) groups is 1. The fraction of sp³-hybridized carbons (Fsp3) is 0.462. The van der Waals surface area contributed by atoms with Crippen LogP contribution in [-0.4, -0.2) is 55.0 Å². The van der Waals surface area contributed by atoms with Gasteiger partial charge in [-0.3, -0.25) is 10.0 Å². The number of methoxy groups -OCH3 is 1. The van der Waals surface area contributed by atoms with Crippen molar-refractivity contribution < 1.29 is 23.2 Å². The first-order valence-electron chi connectivity index (χ1n) is 6.68. The number of hydrogen-bond donors (Lipinski definition) is 2. The van der Waals surface area contributed by atoms with Crippen LogP contribution in [-0.2, 0) is 14.8 Å². The first kappa shape index (κ1) is 17.1. The first-order chi connectivity index (χ1) is 10.5. The van der Waals surface area contributed by atoms with Crippen LogP contribution in [0.1, 0.15) is 6.42 Å². The van der Waals surface area contributed by atoms with E-state index in [4.69, 9.17) is 9.94 Å². The number of hydroxylamine groups is 1. The van der Waals surface area contributed by atoms with Gasteiger partial charge in [0.2, 0.25) is 10.0 Å². The first-order valence-corrected chi connectivity index (χ1v) is 9.27. The summed E-state index contributed by atoms with van der Waals surface area (Å²) in [5.74, 6) is 0.910. The molecule has 0 saturated carbocycles. The van der Waals surface area contributed by atoms with Crippen LogP contribution in [0.4, 0.5) is 0 Å². The largest absolute Gasteiger partial charge is 0.497 e. The number of rotatable bonds is 4. The van der Waals surface area contributed by atoms with E-state index in [1.165, 1.54) is 31.0 Å². The molecule has 7 nitrogen and oxygen atoms in total. The van der Waals surface area contributed by atoms with Gasteiger partial charge in [0.05, 0.1) is 12.0 Å². The number of ether oxygens (including phenoxy) is 1. The second kappa shape index (κ2) is 7.32. The highest BCUT2D eigenvalue weighted by Gasteiger charge is 2.36. The molecule has 1 aliphatic rings. The summed E-state index contributed by atoms with van der Waals surface area (Å²) >= 11 is 1.49. The molecule has 1 aliphatic heterocycles. The Morgan fingerprint density at radius 3 is 2.68 bits per heavy atom. The number of sulfonamides is 1. The molecule has 1 heterocycles. The van der Waals surface area contributed by atoms with Crippen LogP contribution in [0.3, 0.4) is 0 Å². The van der Waals surface area contributed by atoms with Gasteiger partial charge in [-0.25, -0.2) is 13.9 Å². The molecule has 1 aromatic carbocycles. The van der Waals surface area contributed by atoms with Crippen molar-refractivity contribution >= 4 is 27.7 Å². The van der Waals surface area contributed by atoms with Crippen molar-refractivity contribution in [2.24, 2.45) is 0 Å². The number of carbonyl (C=O) groups excluding carboxylic acids is 1. The summed E-state index contributed by atoms with van der Waals surface area (Å²) in [7, 11) is -2.32. The van der Waals surface area contributed by atoms with E-state index in [0.29, 0.717) is 17.9 Å². The minimum atomic E-state index is -3.82. The minimum Gasteiger partial charge on any atom is -0.497 e. The Balaban J connectivity index is 2.36. The second-order valence-corrected chi connectivity index (χ2v) is 7.75. The summed E-state index contributed by atoms with van der Waals surface area (Å²) in [4.78, 5) is 11.9. The Kier molecular flexibility index (Phi) is 5.68. The van der Waals surface area contributed by atoms with Crippen molar-refractivity contribution in [3.8, 4) is 5.75 Å². The van der Waals surface area contributed by atoms with Gasteiger partial charge in [-0.2, -0.15) is 16.1 Å². The summed E-state index contributed by atoms with van der Waals surface area (Å²) in [5.41, 5.74) is 1.56. The van der Waals surface area contributed by atoms with Crippen LogP contribution in [0.5, 0.6) is 5.75 Å². The van der Waals surface area contributed by atoms with Gasteiger partial charge in [0.15, 0.2) is 0 Å². The van der Waals surface area contributed by atoms with E-state index in [2.05, 4.69) is 0 Å². The van der Waals surface area contributed by atoms with Crippen LogP contribution in [0.15, 0.2) is 29.2 Å². The fourth-order valence-corrected chi connectivity index (χ4v) is 4.98. The average Bonchev–Trinajstić information content (AvgIpc) is 2.80. The topological polar surface area (TPSA) is 95.9 Å². The third-order valence-electron chi connectivity index (χ3n) is 3.37. The highest BCUT2D eigenvalue weighted by Crippen LogP contribution is 2.25. The van der Waals surface area contributed by atoms with Crippen molar-refractivity contribution in [2.75, 3.05) is 25.2 Å². The van der Waals surface area contributed by atoms with E-state index < -0.39 is 22.0 Å². The fourth-order valence-electron chi connectivity index (χ4n) is 2.21. The van der Waals surface area contributed by atoms with Crippen LogP contribution in [0.25, 0.3) is 0 Å². The monoisotopic (exact) mass is 346 g/mol. The Labute approximate surface area is 133 Å². The van der Waals surface area contributed by atoms with Crippen molar-refractivity contribution in [1.29, 1.82) is 0 Å². The summed E-state index contributed by atoms with van der Waals surface area (Å²) in [6, 6.07) is 5.08. The van der Waals surface area contributed by atoms with Crippen molar-refractivity contribution in [1.82, 2.24) is 9.79 Å². The van der Waals surface area contributed by atoms with Gasteiger partial charge in [0.25, 0.3) is 5.91 Å². The maximum atomic E-state index is 12.8. The third-order valence-corrected chi connectivity index (χ3v) is 6.42. The van der Waals surface area contributed by atoms with E-state index in [-0.39, 0.29) is 11.4 Å². The summed E-state index contributed by atoms with van der Waals surface area (Å²) in [5, 5.41) is 8.85. The smallest absolute Gasteiger partial charge is 0.262 e. The number of benzene rings is 1. The lowest BCUT2D eigenvalue weighted by Crippen LogP contribution is -2.49. The maximum Gasteiger partial charge on any atom is 0.262 e. The summed E-state index contributed by atoms with van der Waals surface area (Å²) < 4.78 is 31.7. The molecule has 1 atom stereocenters. The molecule has 0 radical (unpaired) electrons. The van der Waals surface area contributed by atoms with E-state index in [1.54, 1.807) is 17.6 Å². The molecule has 1 saturated heterocycles. The molecule has 0 spiro atoms. The van der Waals surface area contributed by atoms with Gasteiger partial charge < -0.3 is 4.74 Å². The normalized spacial score (nSPS) is 20.2. The number of thioether (sulfide) groups is 1. The lowest BCUT2D eigenvalue weighted by Gasteiger charge is -2.27. The maximum absolute atomic E-state index is 12.8. The van der Waals surface area contributed by atoms with E-state index >= 15 is 0 Å². The summed E-state index contributed by atoms with van der Waals surface area (Å²) in [6.07, 6.45) is 0.648. The predicted molar refractivity (Wildman–Crippen MR) is 82.5 cm³/mol. The number of nitrogens with one attached hydrogen (secondary N) is 1. The standard InChI is InChI=1S/C13H18N2O5S2/c1-20-10-3-5-11(6-4-10)22(18,19)15-7-2-8-21-9-12(15)13(16)14-17/h3-6,12,17H,2,7-9H2,1H3,(H,14,16)/t12-/m1/s1. The third kappa shape index (κ3) is 3.54. The van der Waals surface area contributed by atoms with Gasteiger partial charge in [-0.15, -0.1) is 0 Å².